The Morgan fingerprint density at radius 2 is 1.78 bits per heavy atom. The van der Waals surface area contributed by atoms with Crippen molar-refractivity contribution in [1.29, 1.82) is 0 Å². The maximum absolute atomic E-state index is 11.1. The number of alkyl halides is 1. The molecule has 0 amide bonds. The molecule has 7 atom stereocenters. The van der Waals surface area contributed by atoms with Gasteiger partial charge in [-0.15, -0.1) is 11.6 Å². The van der Waals surface area contributed by atoms with Gasteiger partial charge in [-0.05, 0) is 62.8 Å². The lowest BCUT2D eigenvalue weighted by Crippen LogP contribution is -2.48. The van der Waals surface area contributed by atoms with Crippen molar-refractivity contribution in [2.45, 2.75) is 69.4 Å². The summed E-state index contributed by atoms with van der Waals surface area (Å²) in [7, 11) is 2.03. The number of fused-ring (bicyclic) bond motifs is 1. The number of hydrogen-bond donors (Lipinski definition) is 3. The van der Waals surface area contributed by atoms with Gasteiger partial charge in [0.25, 0.3) is 0 Å². The first-order valence-electron chi connectivity index (χ1n) is 9.89. The Balaban J connectivity index is 1.61. The van der Waals surface area contributed by atoms with Gasteiger partial charge >= 0.3 is 0 Å². The fourth-order valence-electron chi connectivity index (χ4n) is 5.59. The zero-order valence-electron chi connectivity index (χ0n) is 14.6. The van der Waals surface area contributed by atoms with Crippen molar-refractivity contribution < 1.29 is 5.11 Å². The predicted molar refractivity (Wildman–Crippen MR) is 96.6 cm³/mol. The molecule has 3 nitrogen and oxygen atoms in total. The molecule has 134 valence electrons. The summed E-state index contributed by atoms with van der Waals surface area (Å²) < 4.78 is 0. The van der Waals surface area contributed by atoms with Crippen LogP contribution in [0.3, 0.4) is 0 Å². The molecular formula is C19H35ClN2O. The van der Waals surface area contributed by atoms with Gasteiger partial charge < -0.3 is 15.7 Å². The van der Waals surface area contributed by atoms with Gasteiger partial charge in [-0.1, -0.05) is 25.7 Å². The number of rotatable bonds is 5. The molecule has 0 aromatic heterocycles. The molecule has 3 fully saturated rings. The number of piperidine rings is 1. The van der Waals surface area contributed by atoms with Gasteiger partial charge in [0, 0.05) is 19.0 Å². The SMILES string of the molecule is CNC[C@H](C1CCC2CCCCC2C1)[C@H](O)C1CCC(Cl)NC1. The number of aliphatic hydroxyl groups excluding tert-OH is 1. The predicted octanol–water partition coefficient (Wildman–Crippen LogP) is 3.35. The summed E-state index contributed by atoms with van der Waals surface area (Å²) >= 11 is 6.15. The molecule has 1 saturated heterocycles. The van der Waals surface area contributed by atoms with Gasteiger partial charge in [-0.2, -0.15) is 0 Å². The first kappa shape index (κ1) is 18.0. The van der Waals surface area contributed by atoms with E-state index < -0.39 is 0 Å². The van der Waals surface area contributed by atoms with Crippen molar-refractivity contribution in [3.63, 3.8) is 0 Å². The van der Waals surface area contributed by atoms with Crippen molar-refractivity contribution in [2.75, 3.05) is 20.1 Å². The monoisotopic (exact) mass is 342 g/mol. The van der Waals surface area contributed by atoms with E-state index >= 15 is 0 Å². The first-order valence-corrected chi connectivity index (χ1v) is 10.3. The second kappa shape index (κ2) is 8.51. The minimum atomic E-state index is -0.191. The molecule has 0 aromatic rings. The summed E-state index contributed by atoms with van der Waals surface area (Å²) in [6.45, 7) is 1.82. The highest BCUT2D eigenvalue weighted by Crippen LogP contribution is 2.46. The Morgan fingerprint density at radius 1 is 1.04 bits per heavy atom. The molecule has 3 N–H and O–H groups in total. The molecule has 0 bridgehead atoms. The van der Waals surface area contributed by atoms with Crippen LogP contribution in [0.25, 0.3) is 0 Å². The third kappa shape index (κ3) is 4.42. The fourth-order valence-corrected chi connectivity index (χ4v) is 5.80. The quantitative estimate of drug-likeness (QED) is 0.530. The summed E-state index contributed by atoms with van der Waals surface area (Å²) in [5.41, 5.74) is 0.0962. The van der Waals surface area contributed by atoms with E-state index in [1.165, 1.54) is 44.9 Å². The molecule has 2 saturated carbocycles. The maximum Gasteiger partial charge on any atom is 0.0825 e. The Morgan fingerprint density at radius 3 is 2.48 bits per heavy atom. The average Bonchev–Trinajstić information content (AvgIpc) is 2.59. The Labute approximate surface area is 146 Å². The van der Waals surface area contributed by atoms with E-state index in [-0.39, 0.29) is 11.6 Å². The smallest absolute Gasteiger partial charge is 0.0825 e. The molecule has 0 radical (unpaired) electrons. The summed E-state index contributed by atoms with van der Waals surface area (Å²) in [5.74, 6) is 3.39. The van der Waals surface area contributed by atoms with Crippen molar-refractivity contribution in [2.24, 2.45) is 29.6 Å². The van der Waals surface area contributed by atoms with Gasteiger partial charge in [0.2, 0.25) is 0 Å². The molecule has 4 heteroatoms. The molecule has 0 aromatic carbocycles. The highest BCUT2D eigenvalue weighted by Gasteiger charge is 2.39. The average molecular weight is 343 g/mol. The molecule has 1 heterocycles. The van der Waals surface area contributed by atoms with Gasteiger partial charge in [0.05, 0.1) is 11.6 Å². The summed E-state index contributed by atoms with van der Waals surface area (Å²) in [4.78, 5) is 0. The van der Waals surface area contributed by atoms with E-state index in [9.17, 15) is 5.11 Å². The summed E-state index contributed by atoms with van der Waals surface area (Å²) in [6.07, 6.45) is 11.7. The topological polar surface area (TPSA) is 44.3 Å². The molecule has 5 unspecified atom stereocenters. The first-order chi connectivity index (χ1) is 11.2. The van der Waals surface area contributed by atoms with Crippen LogP contribution in [-0.4, -0.2) is 36.8 Å². The minimum absolute atomic E-state index is 0.0962. The standard InChI is InChI=1S/C19H35ClN2O/c1-21-12-17(19(23)16-8-9-18(20)22-11-16)15-7-6-13-4-2-3-5-14(13)10-15/h13-19,21-23H,2-12H2,1H3/t13?,14?,15?,16?,17-,18?,19-/m1/s1. The number of halogens is 1. The van der Waals surface area contributed by atoms with Crippen LogP contribution in [0.5, 0.6) is 0 Å². The molecule has 1 aliphatic heterocycles. The van der Waals surface area contributed by atoms with Crippen LogP contribution in [0.15, 0.2) is 0 Å². The third-order valence-corrected chi connectivity index (χ3v) is 7.31. The van der Waals surface area contributed by atoms with Crippen LogP contribution < -0.4 is 10.6 Å². The normalized spacial score (nSPS) is 41.1. The highest BCUT2D eigenvalue weighted by atomic mass is 35.5. The lowest BCUT2D eigenvalue weighted by Gasteiger charge is -2.44. The van der Waals surface area contributed by atoms with E-state index in [4.69, 9.17) is 11.6 Å². The Bertz CT molecular complexity index is 359. The van der Waals surface area contributed by atoms with Crippen molar-refractivity contribution in [1.82, 2.24) is 10.6 Å². The van der Waals surface area contributed by atoms with Crippen LogP contribution >= 0.6 is 11.6 Å². The van der Waals surface area contributed by atoms with Crippen LogP contribution in [0.4, 0.5) is 0 Å². The molecule has 0 spiro atoms. The van der Waals surface area contributed by atoms with Crippen LogP contribution in [0.1, 0.15) is 57.8 Å². The molecule has 23 heavy (non-hydrogen) atoms. The van der Waals surface area contributed by atoms with E-state index in [0.29, 0.717) is 17.8 Å². The third-order valence-electron chi connectivity index (χ3n) is 6.94. The zero-order chi connectivity index (χ0) is 16.2. The summed E-state index contributed by atoms with van der Waals surface area (Å²) in [6, 6.07) is 0. The largest absolute Gasteiger partial charge is 0.392 e. The van der Waals surface area contributed by atoms with E-state index in [0.717, 1.165) is 37.8 Å². The Kier molecular flexibility index (Phi) is 6.65. The van der Waals surface area contributed by atoms with E-state index in [1.807, 2.05) is 7.05 Å². The van der Waals surface area contributed by atoms with Crippen LogP contribution in [0.2, 0.25) is 0 Å². The van der Waals surface area contributed by atoms with Gasteiger partial charge in [-0.25, -0.2) is 0 Å². The number of aliphatic hydroxyl groups is 1. The summed E-state index contributed by atoms with van der Waals surface area (Å²) in [5, 5.41) is 17.8. The van der Waals surface area contributed by atoms with Crippen LogP contribution in [0, 0.1) is 29.6 Å². The van der Waals surface area contributed by atoms with Crippen molar-refractivity contribution in [3.8, 4) is 0 Å². The van der Waals surface area contributed by atoms with Crippen molar-refractivity contribution >= 4 is 11.6 Å². The maximum atomic E-state index is 11.1. The van der Waals surface area contributed by atoms with E-state index in [2.05, 4.69) is 10.6 Å². The molecule has 3 rings (SSSR count). The minimum Gasteiger partial charge on any atom is -0.392 e. The Hall–Kier alpha value is 0.170. The van der Waals surface area contributed by atoms with Crippen LogP contribution in [-0.2, 0) is 0 Å². The lowest BCUT2D eigenvalue weighted by molar-refractivity contribution is -0.0116. The molecule has 2 aliphatic carbocycles. The molecular weight excluding hydrogens is 308 g/mol. The number of nitrogens with one attached hydrogen (secondary N) is 2. The van der Waals surface area contributed by atoms with Gasteiger partial charge in [0.1, 0.15) is 0 Å². The highest BCUT2D eigenvalue weighted by molar-refractivity contribution is 6.20. The second-order valence-corrected chi connectivity index (χ2v) is 8.83. The zero-order valence-corrected chi connectivity index (χ0v) is 15.4. The second-order valence-electron chi connectivity index (χ2n) is 8.30. The lowest BCUT2D eigenvalue weighted by atomic mass is 9.63. The van der Waals surface area contributed by atoms with Crippen molar-refractivity contribution in [3.05, 3.63) is 0 Å². The molecule has 3 aliphatic rings. The number of hydrogen-bond acceptors (Lipinski definition) is 3. The van der Waals surface area contributed by atoms with E-state index in [1.54, 1.807) is 0 Å². The van der Waals surface area contributed by atoms with Gasteiger partial charge in [0.15, 0.2) is 0 Å². The van der Waals surface area contributed by atoms with Gasteiger partial charge in [-0.3, -0.25) is 0 Å². The fraction of sp³-hybridized carbons (Fsp3) is 1.00.